The third kappa shape index (κ3) is 4.88. The summed E-state index contributed by atoms with van der Waals surface area (Å²) in [6.07, 6.45) is 0. The lowest BCUT2D eigenvalue weighted by Gasteiger charge is -2.21. The number of imide groups is 1. The van der Waals surface area contributed by atoms with Gasteiger partial charge in [-0.3, -0.25) is 19.5 Å². The maximum Gasteiger partial charge on any atom is 0.318 e. The van der Waals surface area contributed by atoms with E-state index in [1.165, 1.54) is 0 Å². The Kier molecular flexibility index (Phi) is 6.56. The summed E-state index contributed by atoms with van der Waals surface area (Å²) in [5.41, 5.74) is 7.57. The number of carbonyl (C=O) groups is 2. The minimum absolute atomic E-state index is 0.120. The first kappa shape index (κ1) is 21.6. The Balaban J connectivity index is 2.08. The van der Waals surface area contributed by atoms with Crippen molar-refractivity contribution in [2.24, 2.45) is 11.7 Å². The quantitative estimate of drug-likeness (QED) is 0.467. The number of aromatic nitrogens is 2. The molecule has 2 aromatic carbocycles. The number of primary amides is 1. The van der Waals surface area contributed by atoms with E-state index in [4.69, 9.17) is 5.73 Å². The molecule has 3 amide bonds. The number of amides is 3. The molecule has 1 atom stereocenters. The van der Waals surface area contributed by atoms with E-state index in [2.05, 4.69) is 10.3 Å². The maximum absolute atomic E-state index is 13.3. The number of fused-ring (bicyclic) bond motifs is 1. The Hall–Kier alpha value is -3.13. The fourth-order valence-electron chi connectivity index (χ4n) is 3.05. The molecule has 0 radical (unpaired) electrons. The summed E-state index contributed by atoms with van der Waals surface area (Å²) in [4.78, 5) is 41.6. The number of nitrogens with zero attached hydrogens (tertiary/aromatic N) is 2. The number of benzene rings is 2. The van der Waals surface area contributed by atoms with Gasteiger partial charge in [0.2, 0.25) is 5.91 Å². The van der Waals surface area contributed by atoms with Crippen molar-refractivity contribution in [2.45, 2.75) is 37.7 Å². The molecule has 30 heavy (non-hydrogen) atoms. The SMILES string of the molecule is Cc1ccc(Cn2c(SC(C(=O)NC(N)=O)C(C)C)nc3ccccc3c2=O)cc1. The Labute approximate surface area is 178 Å². The zero-order chi connectivity index (χ0) is 21.8. The van der Waals surface area contributed by atoms with Gasteiger partial charge in [0.25, 0.3) is 5.56 Å². The minimum atomic E-state index is -0.908. The molecule has 0 aliphatic heterocycles. The summed E-state index contributed by atoms with van der Waals surface area (Å²) in [7, 11) is 0. The van der Waals surface area contributed by atoms with Gasteiger partial charge in [0.05, 0.1) is 22.7 Å². The fraction of sp³-hybridized carbons (Fsp3) is 0.273. The molecule has 3 rings (SSSR count). The number of para-hydroxylation sites is 1. The molecule has 1 unspecified atom stereocenters. The second-order valence-corrected chi connectivity index (χ2v) is 8.53. The van der Waals surface area contributed by atoms with Gasteiger partial charge in [0.15, 0.2) is 5.16 Å². The van der Waals surface area contributed by atoms with Crippen molar-refractivity contribution in [3.8, 4) is 0 Å². The third-order valence-electron chi connectivity index (χ3n) is 4.63. The van der Waals surface area contributed by atoms with Gasteiger partial charge in [-0.15, -0.1) is 0 Å². The molecule has 0 bridgehead atoms. The van der Waals surface area contributed by atoms with Gasteiger partial charge in [-0.05, 0) is 30.5 Å². The standard InChI is InChI=1S/C22H24N4O3S/c1-13(2)18(19(27)25-21(23)29)30-22-24-17-7-5-4-6-16(17)20(28)26(22)12-15-10-8-14(3)9-11-15/h4-11,13,18H,12H2,1-3H3,(H3,23,25,27,29). The van der Waals surface area contributed by atoms with E-state index < -0.39 is 17.2 Å². The summed E-state index contributed by atoms with van der Waals surface area (Å²) in [5.74, 6) is -0.627. The van der Waals surface area contributed by atoms with Crippen molar-refractivity contribution >= 4 is 34.6 Å². The van der Waals surface area contributed by atoms with E-state index in [0.717, 1.165) is 22.9 Å². The summed E-state index contributed by atoms with van der Waals surface area (Å²) >= 11 is 1.16. The van der Waals surface area contributed by atoms with Crippen LogP contribution in [0.4, 0.5) is 4.79 Å². The van der Waals surface area contributed by atoms with Crippen LogP contribution in [0.15, 0.2) is 58.5 Å². The van der Waals surface area contributed by atoms with Crippen LogP contribution >= 0.6 is 11.8 Å². The first-order valence-electron chi connectivity index (χ1n) is 9.58. The number of carbonyl (C=O) groups excluding carboxylic acids is 2. The monoisotopic (exact) mass is 424 g/mol. The molecule has 1 aromatic heterocycles. The lowest BCUT2D eigenvalue weighted by molar-refractivity contribution is -0.120. The lowest BCUT2D eigenvalue weighted by atomic mass is 10.1. The molecule has 3 aromatic rings. The molecule has 8 heteroatoms. The molecular formula is C22H24N4O3S. The highest BCUT2D eigenvalue weighted by Crippen LogP contribution is 2.28. The zero-order valence-electron chi connectivity index (χ0n) is 17.1. The van der Waals surface area contributed by atoms with Crippen LogP contribution in [0, 0.1) is 12.8 Å². The number of aryl methyl sites for hydroxylation is 1. The minimum Gasteiger partial charge on any atom is -0.351 e. The highest BCUT2D eigenvalue weighted by Gasteiger charge is 2.27. The van der Waals surface area contributed by atoms with Crippen molar-refractivity contribution < 1.29 is 9.59 Å². The van der Waals surface area contributed by atoms with Crippen LogP contribution in [0.25, 0.3) is 10.9 Å². The van der Waals surface area contributed by atoms with Gasteiger partial charge in [-0.1, -0.05) is 67.6 Å². The third-order valence-corrected chi connectivity index (χ3v) is 6.17. The van der Waals surface area contributed by atoms with Crippen LogP contribution in [-0.2, 0) is 11.3 Å². The van der Waals surface area contributed by atoms with Crippen molar-refractivity contribution in [3.05, 3.63) is 70.0 Å². The second kappa shape index (κ2) is 9.13. The number of urea groups is 1. The van der Waals surface area contributed by atoms with Crippen molar-refractivity contribution in [1.29, 1.82) is 0 Å². The Morgan fingerprint density at radius 1 is 1.13 bits per heavy atom. The van der Waals surface area contributed by atoms with E-state index in [-0.39, 0.29) is 11.5 Å². The smallest absolute Gasteiger partial charge is 0.318 e. The number of hydrogen-bond donors (Lipinski definition) is 2. The van der Waals surface area contributed by atoms with E-state index >= 15 is 0 Å². The molecule has 0 saturated heterocycles. The van der Waals surface area contributed by atoms with Crippen LogP contribution in [0.1, 0.15) is 25.0 Å². The fourth-order valence-corrected chi connectivity index (χ4v) is 4.14. The zero-order valence-corrected chi connectivity index (χ0v) is 17.9. The summed E-state index contributed by atoms with van der Waals surface area (Å²) in [6, 6.07) is 14.1. The van der Waals surface area contributed by atoms with Gasteiger partial charge in [-0.2, -0.15) is 0 Å². The van der Waals surface area contributed by atoms with Crippen molar-refractivity contribution in [3.63, 3.8) is 0 Å². The van der Waals surface area contributed by atoms with Crippen LogP contribution in [-0.4, -0.2) is 26.7 Å². The molecule has 7 nitrogen and oxygen atoms in total. The molecule has 3 N–H and O–H groups in total. The van der Waals surface area contributed by atoms with Gasteiger partial charge in [-0.25, -0.2) is 9.78 Å². The summed E-state index contributed by atoms with van der Waals surface area (Å²) in [6.45, 7) is 6.05. The Bertz CT molecular complexity index is 1140. The summed E-state index contributed by atoms with van der Waals surface area (Å²) < 4.78 is 1.57. The average molecular weight is 425 g/mol. The van der Waals surface area contributed by atoms with Gasteiger partial charge >= 0.3 is 6.03 Å². The lowest BCUT2D eigenvalue weighted by Crippen LogP contribution is -2.42. The number of hydrogen-bond acceptors (Lipinski definition) is 5. The first-order chi connectivity index (χ1) is 14.3. The first-order valence-corrected chi connectivity index (χ1v) is 10.5. The predicted molar refractivity (Wildman–Crippen MR) is 118 cm³/mol. The number of nitrogens with one attached hydrogen (secondary N) is 1. The summed E-state index contributed by atoms with van der Waals surface area (Å²) in [5, 5.41) is 2.42. The number of nitrogens with two attached hydrogens (primary N) is 1. The molecule has 0 aliphatic rings. The van der Waals surface area contributed by atoms with Gasteiger partial charge in [0.1, 0.15) is 0 Å². The topological polar surface area (TPSA) is 107 Å². The highest BCUT2D eigenvalue weighted by molar-refractivity contribution is 8.00. The largest absolute Gasteiger partial charge is 0.351 e. The molecule has 1 heterocycles. The number of rotatable bonds is 6. The van der Waals surface area contributed by atoms with Crippen LogP contribution in [0.5, 0.6) is 0 Å². The van der Waals surface area contributed by atoms with Gasteiger partial charge in [0, 0.05) is 0 Å². The van der Waals surface area contributed by atoms with Crippen LogP contribution < -0.4 is 16.6 Å². The van der Waals surface area contributed by atoms with E-state index in [0.29, 0.717) is 22.6 Å². The second-order valence-electron chi connectivity index (χ2n) is 7.42. The molecule has 0 fully saturated rings. The van der Waals surface area contributed by atoms with Crippen LogP contribution in [0.2, 0.25) is 0 Å². The normalized spacial score (nSPS) is 12.1. The highest BCUT2D eigenvalue weighted by atomic mass is 32.2. The predicted octanol–water partition coefficient (Wildman–Crippen LogP) is 3.06. The molecule has 156 valence electrons. The van der Waals surface area contributed by atoms with E-state index in [1.54, 1.807) is 22.8 Å². The van der Waals surface area contributed by atoms with E-state index in [9.17, 15) is 14.4 Å². The Morgan fingerprint density at radius 2 is 1.80 bits per heavy atom. The Morgan fingerprint density at radius 3 is 2.43 bits per heavy atom. The molecule has 0 aliphatic carbocycles. The van der Waals surface area contributed by atoms with Crippen molar-refractivity contribution in [2.75, 3.05) is 0 Å². The van der Waals surface area contributed by atoms with E-state index in [1.807, 2.05) is 51.1 Å². The maximum atomic E-state index is 13.3. The average Bonchev–Trinajstić information content (AvgIpc) is 2.69. The van der Waals surface area contributed by atoms with Crippen LogP contribution in [0.3, 0.4) is 0 Å². The molecule has 0 spiro atoms. The van der Waals surface area contributed by atoms with Crippen molar-refractivity contribution in [1.82, 2.24) is 14.9 Å². The molecular weight excluding hydrogens is 400 g/mol. The number of thioether (sulfide) groups is 1. The molecule has 0 saturated carbocycles. The van der Waals surface area contributed by atoms with Gasteiger partial charge < -0.3 is 5.73 Å².